The summed E-state index contributed by atoms with van der Waals surface area (Å²) >= 11 is 5.85. The van der Waals surface area contributed by atoms with Crippen LogP contribution in [0.5, 0.6) is 17.2 Å². The summed E-state index contributed by atoms with van der Waals surface area (Å²) < 4.78 is 18.8. The Morgan fingerprint density at radius 2 is 1.73 bits per heavy atom. The van der Waals surface area contributed by atoms with Gasteiger partial charge in [-0.15, -0.1) is 0 Å². The first-order chi connectivity index (χ1) is 14.6. The highest BCUT2D eigenvalue weighted by molar-refractivity contribution is 7.80. The van der Waals surface area contributed by atoms with Crippen LogP contribution in [0, 0.1) is 0 Å². The maximum absolute atomic E-state index is 5.85. The Morgan fingerprint density at radius 1 is 0.933 bits per heavy atom. The van der Waals surface area contributed by atoms with Crippen LogP contribution in [-0.4, -0.2) is 42.5 Å². The maximum atomic E-state index is 5.85. The van der Waals surface area contributed by atoms with Gasteiger partial charge >= 0.3 is 0 Å². The summed E-state index contributed by atoms with van der Waals surface area (Å²) in [7, 11) is 5.01. The Morgan fingerprint density at radius 3 is 2.50 bits per heavy atom. The fourth-order valence-electron chi connectivity index (χ4n) is 3.88. The van der Waals surface area contributed by atoms with Crippen LogP contribution >= 0.6 is 12.2 Å². The fraction of sp³-hybridized carbons (Fsp3) is 0.261. The number of hydrogen-bond acceptors (Lipinski definition) is 4. The molecule has 1 aliphatic rings. The van der Waals surface area contributed by atoms with Crippen LogP contribution in [0.1, 0.15) is 17.3 Å². The van der Waals surface area contributed by atoms with Gasteiger partial charge in [0, 0.05) is 42.3 Å². The number of benzene rings is 2. The van der Waals surface area contributed by atoms with Crippen LogP contribution in [-0.2, 0) is 6.54 Å². The number of rotatable bonds is 5. The fourth-order valence-corrected chi connectivity index (χ4v) is 4.19. The zero-order valence-electron chi connectivity index (χ0n) is 17.3. The lowest BCUT2D eigenvalue weighted by Gasteiger charge is -2.39. The van der Waals surface area contributed by atoms with Crippen molar-refractivity contribution < 1.29 is 14.2 Å². The molecule has 0 aliphatic carbocycles. The topological polar surface area (TPSA) is 47.9 Å². The van der Waals surface area contributed by atoms with Crippen molar-refractivity contribution in [1.29, 1.82) is 0 Å². The average molecular weight is 424 g/mol. The highest BCUT2D eigenvalue weighted by atomic mass is 32.1. The molecule has 6 nitrogen and oxygen atoms in total. The smallest absolute Gasteiger partial charge is 0.174 e. The highest BCUT2D eigenvalue weighted by Gasteiger charge is 2.33. The van der Waals surface area contributed by atoms with E-state index in [1.54, 1.807) is 21.3 Å². The third-order valence-electron chi connectivity index (χ3n) is 5.35. The molecule has 3 aromatic rings. The standard InChI is InChI=1S/C23H25N3O3S/c1-27-17-7-4-6-16(14-17)24-23(30)26-13-12-25-11-5-8-20(25)22(26)19-15-18(28-2)9-10-21(19)29-3/h4-11,14-15,22H,12-13H2,1-3H3,(H,24,30)/t22-/m0/s1. The van der Waals surface area contributed by atoms with E-state index >= 15 is 0 Å². The van der Waals surface area contributed by atoms with E-state index in [0.717, 1.165) is 47.3 Å². The number of anilines is 1. The first-order valence-corrected chi connectivity index (χ1v) is 10.1. The number of methoxy groups -OCH3 is 3. The number of aromatic nitrogens is 1. The van der Waals surface area contributed by atoms with Gasteiger partial charge in [0.1, 0.15) is 23.3 Å². The Hall–Kier alpha value is -3.19. The first-order valence-electron chi connectivity index (χ1n) is 9.73. The number of thiocarbonyl (C=S) groups is 1. The molecule has 1 aromatic heterocycles. The van der Waals surface area contributed by atoms with Gasteiger partial charge in [-0.3, -0.25) is 0 Å². The molecular weight excluding hydrogens is 398 g/mol. The van der Waals surface area contributed by atoms with Crippen molar-refractivity contribution in [1.82, 2.24) is 9.47 Å². The van der Waals surface area contributed by atoms with Crippen LogP contribution < -0.4 is 19.5 Å². The van der Waals surface area contributed by atoms with Crippen LogP contribution in [0.2, 0.25) is 0 Å². The second kappa shape index (κ2) is 8.67. The third-order valence-corrected chi connectivity index (χ3v) is 5.69. The Kier molecular flexibility index (Phi) is 5.81. The van der Waals surface area contributed by atoms with E-state index in [0.29, 0.717) is 5.11 Å². The molecule has 1 aliphatic heterocycles. The van der Waals surface area contributed by atoms with E-state index in [9.17, 15) is 0 Å². The largest absolute Gasteiger partial charge is 0.497 e. The number of ether oxygens (including phenoxy) is 3. The molecule has 156 valence electrons. The van der Waals surface area contributed by atoms with Gasteiger partial charge in [0.2, 0.25) is 0 Å². The molecule has 4 rings (SSSR count). The van der Waals surface area contributed by atoms with Gasteiger partial charge in [0.05, 0.1) is 21.3 Å². The number of nitrogens with one attached hydrogen (secondary N) is 1. The molecule has 0 saturated carbocycles. The van der Waals surface area contributed by atoms with E-state index in [1.807, 2.05) is 42.5 Å². The van der Waals surface area contributed by atoms with Crippen LogP contribution in [0.3, 0.4) is 0 Å². The molecule has 2 heterocycles. The summed E-state index contributed by atoms with van der Waals surface area (Å²) in [5.74, 6) is 2.35. The summed E-state index contributed by atoms with van der Waals surface area (Å²) in [6, 6.07) is 17.7. The predicted molar refractivity (Wildman–Crippen MR) is 122 cm³/mol. The van der Waals surface area contributed by atoms with E-state index in [-0.39, 0.29) is 6.04 Å². The van der Waals surface area contributed by atoms with Gasteiger partial charge in [0.15, 0.2) is 5.11 Å². The maximum Gasteiger partial charge on any atom is 0.174 e. The lowest BCUT2D eigenvalue weighted by Crippen LogP contribution is -2.44. The highest BCUT2D eigenvalue weighted by Crippen LogP contribution is 2.39. The first kappa shape index (κ1) is 20.1. The third kappa shape index (κ3) is 3.80. The Balaban J connectivity index is 1.73. The van der Waals surface area contributed by atoms with Gasteiger partial charge in [0.25, 0.3) is 0 Å². The molecule has 0 bridgehead atoms. The molecule has 0 amide bonds. The van der Waals surface area contributed by atoms with Crippen molar-refractivity contribution >= 4 is 23.0 Å². The van der Waals surface area contributed by atoms with Crippen molar-refractivity contribution in [3.8, 4) is 17.2 Å². The van der Waals surface area contributed by atoms with Gasteiger partial charge in [-0.2, -0.15) is 0 Å². The quantitative estimate of drug-likeness (QED) is 0.617. The lowest BCUT2D eigenvalue weighted by atomic mass is 9.99. The number of nitrogens with zero attached hydrogens (tertiary/aromatic N) is 2. The summed E-state index contributed by atoms with van der Waals surface area (Å²) in [6.07, 6.45) is 2.10. The van der Waals surface area contributed by atoms with Gasteiger partial charge in [-0.05, 0) is 54.7 Å². The van der Waals surface area contributed by atoms with E-state index < -0.39 is 0 Å². The minimum Gasteiger partial charge on any atom is -0.497 e. The van der Waals surface area contributed by atoms with Crippen LogP contribution in [0.4, 0.5) is 5.69 Å². The van der Waals surface area contributed by atoms with Crippen molar-refractivity contribution in [2.24, 2.45) is 0 Å². The van der Waals surface area contributed by atoms with E-state index in [2.05, 4.69) is 33.1 Å². The summed E-state index contributed by atoms with van der Waals surface area (Å²) in [5.41, 5.74) is 3.05. The Labute approximate surface area is 182 Å². The predicted octanol–water partition coefficient (Wildman–Crippen LogP) is 4.32. The normalized spacial score (nSPS) is 15.3. The van der Waals surface area contributed by atoms with E-state index in [1.165, 1.54) is 0 Å². The van der Waals surface area contributed by atoms with Gasteiger partial charge in [-0.1, -0.05) is 6.07 Å². The van der Waals surface area contributed by atoms with Crippen LogP contribution in [0.15, 0.2) is 60.8 Å². The molecule has 1 N–H and O–H groups in total. The molecule has 30 heavy (non-hydrogen) atoms. The second-order valence-electron chi connectivity index (χ2n) is 6.99. The molecule has 0 fully saturated rings. The number of hydrogen-bond donors (Lipinski definition) is 1. The van der Waals surface area contributed by atoms with Crippen molar-refractivity contribution in [3.63, 3.8) is 0 Å². The second-order valence-corrected chi connectivity index (χ2v) is 7.38. The minimum absolute atomic E-state index is 0.107. The van der Waals surface area contributed by atoms with Gasteiger partial charge < -0.3 is 29.0 Å². The minimum atomic E-state index is -0.107. The molecule has 2 aromatic carbocycles. The SMILES string of the molecule is COc1cccc(NC(=S)N2CCn3cccc3[C@@H]2c2cc(OC)ccc2OC)c1. The molecule has 0 saturated heterocycles. The zero-order valence-corrected chi connectivity index (χ0v) is 18.1. The molecular formula is C23H25N3O3S. The molecule has 0 spiro atoms. The molecule has 7 heteroatoms. The average Bonchev–Trinajstić information content (AvgIpc) is 3.27. The number of fused-ring (bicyclic) bond motifs is 1. The Bertz CT molecular complexity index is 1050. The summed E-state index contributed by atoms with van der Waals surface area (Å²) in [5, 5.41) is 4.02. The monoisotopic (exact) mass is 423 g/mol. The van der Waals surface area contributed by atoms with Crippen molar-refractivity contribution in [2.45, 2.75) is 12.6 Å². The van der Waals surface area contributed by atoms with Crippen LogP contribution in [0.25, 0.3) is 0 Å². The zero-order chi connectivity index (χ0) is 21.1. The van der Waals surface area contributed by atoms with Crippen molar-refractivity contribution in [3.05, 3.63) is 72.1 Å². The van der Waals surface area contributed by atoms with E-state index in [4.69, 9.17) is 26.4 Å². The molecule has 1 atom stereocenters. The van der Waals surface area contributed by atoms with Gasteiger partial charge in [-0.25, -0.2) is 0 Å². The molecule has 0 unspecified atom stereocenters. The summed E-state index contributed by atoms with van der Waals surface area (Å²) in [4.78, 5) is 2.20. The summed E-state index contributed by atoms with van der Waals surface area (Å²) in [6.45, 7) is 1.62. The van der Waals surface area contributed by atoms with Crippen molar-refractivity contribution in [2.75, 3.05) is 33.2 Å². The molecule has 0 radical (unpaired) electrons. The lowest BCUT2D eigenvalue weighted by molar-refractivity contribution is 0.284.